The normalized spacial score (nSPS) is 16.2. The van der Waals surface area contributed by atoms with Gasteiger partial charge in [0.25, 0.3) is 0 Å². The minimum Gasteiger partial charge on any atom is -0.386 e. The molecule has 4 nitrogen and oxygen atoms in total. The quantitative estimate of drug-likeness (QED) is 0.797. The molecule has 0 fully saturated rings. The van der Waals surface area contributed by atoms with Crippen LogP contribution in [-0.2, 0) is 19.5 Å². The Hall–Kier alpha value is -2.24. The molecule has 3 aromatic rings. The highest BCUT2D eigenvalue weighted by Crippen LogP contribution is 2.33. The molecule has 1 unspecified atom stereocenters. The van der Waals surface area contributed by atoms with E-state index < -0.39 is 6.10 Å². The number of rotatable bonds is 3. The number of aromatic nitrogens is 2. The monoisotopic (exact) mass is 339 g/mol. The maximum Gasteiger partial charge on any atom is 0.147 e. The summed E-state index contributed by atoms with van der Waals surface area (Å²) in [4.78, 5) is 6.49. The number of hydrogen-bond acceptors (Lipinski definition) is 3. The Labute approximate surface area is 146 Å². The highest BCUT2D eigenvalue weighted by molar-refractivity contribution is 5.86. The second-order valence-corrected chi connectivity index (χ2v) is 6.91. The second kappa shape index (κ2) is 6.24. The van der Waals surface area contributed by atoms with Gasteiger partial charge in [0.15, 0.2) is 0 Å². The smallest absolute Gasteiger partial charge is 0.147 e. The Bertz CT molecular complexity index is 917. The van der Waals surface area contributed by atoms with Gasteiger partial charge in [0, 0.05) is 41.6 Å². The maximum absolute atomic E-state index is 14.6. The van der Waals surface area contributed by atoms with Crippen LogP contribution in [0, 0.1) is 12.7 Å². The van der Waals surface area contributed by atoms with E-state index in [0.717, 1.165) is 41.8 Å². The molecule has 0 bridgehead atoms. The number of likely N-dealkylation sites (N-methyl/N-ethyl adjacent to an activating group) is 1. The van der Waals surface area contributed by atoms with Crippen molar-refractivity contribution in [3.05, 3.63) is 64.9 Å². The van der Waals surface area contributed by atoms with Crippen molar-refractivity contribution in [2.45, 2.75) is 32.5 Å². The summed E-state index contributed by atoms with van der Waals surface area (Å²) in [5.41, 5.74) is 4.57. The van der Waals surface area contributed by atoms with Gasteiger partial charge in [-0.3, -0.25) is 4.98 Å². The van der Waals surface area contributed by atoms with Crippen LogP contribution in [0.5, 0.6) is 0 Å². The van der Waals surface area contributed by atoms with Crippen LogP contribution in [0.25, 0.3) is 10.9 Å². The molecule has 0 saturated carbocycles. The molecular weight excluding hydrogens is 317 g/mol. The number of para-hydroxylation sites is 1. The van der Waals surface area contributed by atoms with Crippen molar-refractivity contribution >= 4 is 10.9 Å². The average molecular weight is 339 g/mol. The molecule has 5 heteroatoms. The Morgan fingerprint density at radius 1 is 1.28 bits per heavy atom. The fraction of sp³-hybridized carbons (Fsp3) is 0.350. The summed E-state index contributed by atoms with van der Waals surface area (Å²) < 4.78 is 16.6. The number of aryl methyl sites for hydroxylation is 1. The van der Waals surface area contributed by atoms with Gasteiger partial charge >= 0.3 is 0 Å². The molecule has 1 atom stereocenters. The number of pyridine rings is 1. The molecule has 0 amide bonds. The first-order chi connectivity index (χ1) is 12.0. The van der Waals surface area contributed by atoms with E-state index in [4.69, 9.17) is 0 Å². The lowest BCUT2D eigenvalue weighted by Crippen LogP contribution is -2.28. The summed E-state index contributed by atoms with van der Waals surface area (Å²) in [6.07, 6.45) is 1.88. The fourth-order valence-corrected chi connectivity index (χ4v) is 3.74. The largest absolute Gasteiger partial charge is 0.386 e. The predicted molar refractivity (Wildman–Crippen MR) is 95.9 cm³/mol. The number of aliphatic hydroxyl groups is 1. The van der Waals surface area contributed by atoms with E-state index in [0.29, 0.717) is 12.1 Å². The summed E-state index contributed by atoms with van der Waals surface area (Å²) >= 11 is 0. The lowest BCUT2D eigenvalue weighted by molar-refractivity contribution is 0.154. The topological polar surface area (TPSA) is 41.3 Å². The molecule has 25 heavy (non-hydrogen) atoms. The van der Waals surface area contributed by atoms with Gasteiger partial charge in [0.2, 0.25) is 0 Å². The summed E-state index contributed by atoms with van der Waals surface area (Å²) in [5.74, 6) is -0.233. The molecular formula is C20H22FN3O. The number of nitrogens with zero attached hydrogens (tertiary/aromatic N) is 3. The number of aliphatic hydroxyl groups excluding tert-OH is 1. The van der Waals surface area contributed by atoms with E-state index in [9.17, 15) is 9.50 Å². The molecule has 0 aliphatic carbocycles. The third-order valence-corrected chi connectivity index (χ3v) is 5.09. The maximum atomic E-state index is 14.6. The molecule has 3 heterocycles. The number of halogens is 1. The Morgan fingerprint density at radius 3 is 2.88 bits per heavy atom. The number of benzene rings is 1. The highest BCUT2D eigenvalue weighted by atomic mass is 19.1. The van der Waals surface area contributed by atoms with E-state index in [-0.39, 0.29) is 5.82 Å². The second-order valence-electron chi connectivity index (χ2n) is 6.91. The predicted octanol–water partition coefficient (Wildman–Crippen LogP) is 3.21. The SMILES string of the molecule is Cc1ccc(C(O)Cn2c3c(c4cccc(F)c42)CCN(C)C3)cn1. The van der Waals surface area contributed by atoms with E-state index in [1.807, 2.05) is 29.7 Å². The molecule has 1 aromatic carbocycles. The zero-order valence-corrected chi connectivity index (χ0v) is 14.5. The van der Waals surface area contributed by atoms with Crippen LogP contribution in [0.3, 0.4) is 0 Å². The molecule has 0 saturated heterocycles. The molecule has 0 radical (unpaired) electrons. The van der Waals surface area contributed by atoms with Gasteiger partial charge in [-0.2, -0.15) is 0 Å². The summed E-state index contributed by atoms with van der Waals surface area (Å²) in [6.45, 7) is 3.97. The Morgan fingerprint density at radius 2 is 2.12 bits per heavy atom. The van der Waals surface area contributed by atoms with Gasteiger partial charge in [-0.1, -0.05) is 18.2 Å². The lowest BCUT2D eigenvalue weighted by Gasteiger charge is -2.25. The van der Waals surface area contributed by atoms with E-state index in [1.54, 1.807) is 12.3 Å². The van der Waals surface area contributed by atoms with Crippen molar-refractivity contribution in [1.82, 2.24) is 14.5 Å². The van der Waals surface area contributed by atoms with Crippen molar-refractivity contribution in [2.24, 2.45) is 0 Å². The van der Waals surface area contributed by atoms with Gasteiger partial charge in [0.1, 0.15) is 5.82 Å². The Balaban J connectivity index is 1.80. The molecule has 1 aliphatic heterocycles. The molecule has 1 aliphatic rings. The van der Waals surface area contributed by atoms with Gasteiger partial charge in [-0.15, -0.1) is 0 Å². The van der Waals surface area contributed by atoms with Crippen LogP contribution in [0.2, 0.25) is 0 Å². The van der Waals surface area contributed by atoms with Crippen LogP contribution < -0.4 is 0 Å². The average Bonchev–Trinajstić information content (AvgIpc) is 2.90. The van der Waals surface area contributed by atoms with E-state index in [1.165, 1.54) is 11.6 Å². The van der Waals surface area contributed by atoms with Gasteiger partial charge < -0.3 is 14.6 Å². The zero-order chi connectivity index (χ0) is 17.6. The standard InChI is InChI=1S/C20H22FN3O/c1-13-6-7-14(10-22-13)19(25)12-24-18-11-23(2)9-8-15(18)16-4-3-5-17(21)20(16)24/h3-7,10,19,25H,8-9,11-12H2,1-2H3. The van der Waals surface area contributed by atoms with Gasteiger partial charge in [0.05, 0.1) is 18.2 Å². The first-order valence-corrected chi connectivity index (χ1v) is 8.62. The Kier molecular flexibility index (Phi) is 4.06. The van der Waals surface area contributed by atoms with Crippen molar-refractivity contribution in [3.8, 4) is 0 Å². The summed E-state index contributed by atoms with van der Waals surface area (Å²) in [7, 11) is 2.07. The molecule has 1 N–H and O–H groups in total. The minimum atomic E-state index is -0.723. The van der Waals surface area contributed by atoms with Gasteiger partial charge in [-0.05, 0) is 38.1 Å². The first-order valence-electron chi connectivity index (χ1n) is 8.62. The summed E-state index contributed by atoms with van der Waals surface area (Å²) in [5, 5.41) is 11.7. The van der Waals surface area contributed by atoms with Crippen molar-refractivity contribution in [1.29, 1.82) is 0 Å². The number of fused-ring (bicyclic) bond motifs is 3. The third-order valence-electron chi connectivity index (χ3n) is 5.09. The van der Waals surface area contributed by atoms with Crippen molar-refractivity contribution in [3.63, 3.8) is 0 Å². The lowest BCUT2D eigenvalue weighted by atomic mass is 10.0. The van der Waals surface area contributed by atoms with E-state index in [2.05, 4.69) is 16.9 Å². The molecule has 0 spiro atoms. The fourth-order valence-electron chi connectivity index (χ4n) is 3.74. The highest BCUT2D eigenvalue weighted by Gasteiger charge is 2.25. The first kappa shape index (κ1) is 16.2. The van der Waals surface area contributed by atoms with Crippen LogP contribution >= 0.6 is 0 Å². The molecule has 2 aromatic heterocycles. The van der Waals surface area contributed by atoms with Crippen molar-refractivity contribution in [2.75, 3.05) is 13.6 Å². The zero-order valence-electron chi connectivity index (χ0n) is 14.5. The van der Waals surface area contributed by atoms with E-state index >= 15 is 0 Å². The minimum absolute atomic E-state index is 0.233. The van der Waals surface area contributed by atoms with Crippen LogP contribution in [0.15, 0.2) is 36.5 Å². The molecule has 130 valence electrons. The van der Waals surface area contributed by atoms with Crippen LogP contribution in [0.4, 0.5) is 4.39 Å². The van der Waals surface area contributed by atoms with Crippen molar-refractivity contribution < 1.29 is 9.50 Å². The summed E-state index contributed by atoms with van der Waals surface area (Å²) in [6, 6.07) is 9.01. The van der Waals surface area contributed by atoms with Gasteiger partial charge in [-0.25, -0.2) is 4.39 Å². The third kappa shape index (κ3) is 2.83. The molecule has 4 rings (SSSR count). The number of hydrogen-bond donors (Lipinski definition) is 1. The van der Waals surface area contributed by atoms with Crippen LogP contribution in [-0.4, -0.2) is 33.1 Å². The van der Waals surface area contributed by atoms with Crippen LogP contribution in [0.1, 0.15) is 28.6 Å².